The number of pyridine rings is 1. The van der Waals surface area contributed by atoms with Gasteiger partial charge in [-0.2, -0.15) is 0 Å². The van der Waals surface area contributed by atoms with Gasteiger partial charge in [-0.05, 0) is 28.1 Å². The van der Waals surface area contributed by atoms with Gasteiger partial charge in [-0.1, -0.05) is 36.4 Å². The molecule has 0 saturated heterocycles. The first-order valence-corrected chi connectivity index (χ1v) is 8.64. The standard InChI is InChI=1S/C17H13N7OS/c25-16(15(24-11-19-22-23-24)12-6-2-1-3-7-12)21-17-20-14(10-26-17)13-8-4-5-9-18-13/h1-11,15H,(H,20,21,25)/t15-/m1/s1. The number of aromatic nitrogens is 6. The fourth-order valence-electron chi connectivity index (χ4n) is 2.48. The number of nitrogens with zero attached hydrogens (tertiary/aromatic N) is 6. The lowest BCUT2D eigenvalue weighted by Crippen LogP contribution is -2.27. The van der Waals surface area contributed by atoms with E-state index in [4.69, 9.17) is 0 Å². The Hall–Kier alpha value is -3.46. The van der Waals surface area contributed by atoms with Crippen LogP contribution in [0.1, 0.15) is 11.6 Å². The molecule has 0 saturated carbocycles. The Kier molecular flexibility index (Phi) is 4.44. The minimum absolute atomic E-state index is 0.273. The highest BCUT2D eigenvalue weighted by atomic mass is 32.1. The molecule has 0 aliphatic carbocycles. The number of carbonyl (C=O) groups excluding carboxylic acids is 1. The van der Waals surface area contributed by atoms with Crippen LogP contribution in [-0.2, 0) is 4.79 Å². The van der Waals surface area contributed by atoms with Crippen molar-refractivity contribution in [3.05, 3.63) is 72.0 Å². The van der Waals surface area contributed by atoms with Crippen LogP contribution in [-0.4, -0.2) is 36.1 Å². The first kappa shape index (κ1) is 16.0. The topological polar surface area (TPSA) is 98.5 Å². The van der Waals surface area contributed by atoms with Gasteiger partial charge >= 0.3 is 0 Å². The summed E-state index contributed by atoms with van der Waals surface area (Å²) in [6, 6.07) is 14.2. The molecule has 9 heteroatoms. The molecule has 3 heterocycles. The van der Waals surface area contributed by atoms with Gasteiger partial charge in [0.25, 0.3) is 5.91 Å². The van der Waals surface area contributed by atoms with Gasteiger partial charge in [0.15, 0.2) is 11.2 Å². The second kappa shape index (κ2) is 7.19. The molecular weight excluding hydrogens is 350 g/mol. The van der Waals surface area contributed by atoms with Crippen molar-refractivity contribution in [1.29, 1.82) is 0 Å². The molecule has 128 valence electrons. The first-order chi connectivity index (χ1) is 12.8. The zero-order chi connectivity index (χ0) is 17.8. The molecule has 0 bridgehead atoms. The van der Waals surface area contributed by atoms with Crippen LogP contribution >= 0.6 is 11.3 Å². The van der Waals surface area contributed by atoms with Gasteiger partial charge in [0.2, 0.25) is 0 Å². The Morgan fingerprint density at radius 2 is 1.92 bits per heavy atom. The fraction of sp³-hybridized carbons (Fsp3) is 0.0588. The Morgan fingerprint density at radius 1 is 1.08 bits per heavy atom. The molecule has 26 heavy (non-hydrogen) atoms. The Bertz CT molecular complexity index is 986. The smallest absolute Gasteiger partial charge is 0.255 e. The Balaban J connectivity index is 1.59. The first-order valence-electron chi connectivity index (χ1n) is 7.76. The second-order valence-electron chi connectivity index (χ2n) is 5.35. The van der Waals surface area contributed by atoms with Crippen LogP contribution in [0.25, 0.3) is 11.4 Å². The van der Waals surface area contributed by atoms with Gasteiger partial charge in [-0.25, -0.2) is 9.67 Å². The summed E-state index contributed by atoms with van der Waals surface area (Å²) in [4.78, 5) is 21.6. The van der Waals surface area contributed by atoms with Crippen molar-refractivity contribution in [2.24, 2.45) is 0 Å². The van der Waals surface area contributed by atoms with Crippen molar-refractivity contribution in [3.63, 3.8) is 0 Å². The third-order valence-corrected chi connectivity index (χ3v) is 4.41. The van der Waals surface area contributed by atoms with Gasteiger partial charge in [0.1, 0.15) is 12.0 Å². The molecule has 1 aromatic carbocycles. The number of carbonyl (C=O) groups is 1. The molecule has 4 aromatic rings. The van der Waals surface area contributed by atoms with Crippen molar-refractivity contribution < 1.29 is 4.79 Å². The van der Waals surface area contributed by atoms with Gasteiger partial charge in [0.05, 0.1) is 5.69 Å². The van der Waals surface area contributed by atoms with Crippen LogP contribution in [0.3, 0.4) is 0 Å². The molecule has 4 rings (SSSR count). The lowest BCUT2D eigenvalue weighted by atomic mass is 10.1. The summed E-state index contributed by atoms with van der Waals surface area (Å²) >= 11 is 1.34. The van der Waals surface area contributed by atoms with Crippen molar-refractivity contribution in [1.82, 2.24) is 30.2 Å². The largest absolute Gasteiger partial charge is 0.300 e. The van der Waals surface area contributed by atoms with E-state index >= 15 is 0 Å². The van der Waals surface area contributed by atoms with E-state index in [1.807, 2.05) is 53.9 Å². The van der Waals surface area contributed by atoms with Crippen LogP contribution in [0.4, 0.5) is 5.13 Å². The molecule has 1 atom stereocenters. The maximum Gasteiger partial charge on any atom is 0.255 e. The van der Waals surface area contributed by atoms with E-state index in [0.29, 0.717) is 10.8 Å². The minimum Gasteiger partial charge on any atom is -0.300 e. The maximum atomic E-state index is 12.9. The molecule has 0 spiro atoms. The predicted octanol–water partition coefficient (Wildman–Crippen LogP) is 2.42. The normalized spacial score (nSPS) is 11.8. The maximum absolute atomic E-state index is 12.9. The average Bonchev–Trinajstić information content (AvgIpc) is 3.36. The number of rotatable bonds is 5. The van der Waals surface area contributed by atoms with E-state index in [1.54, 1.807) is 6.20 Å². The van der Waals surface area contributed by atoms with Crippen molar-refractivity contribution in [2.45, 2.75) is 6.04 Å². The zero-order valence-corrected chi connectivity index (χ0v) is 14.2. The summed E-state index contributed by atoms with van der Waals surface area (Å²) < 4.78 is 1.41. The molecule has 3 aromatic heterocycles. The summed E-state index contributed by atoms with van der Waals surface area (Å²) in [6.07, 6.45) is 3.12. The Labute approximate surface area is 152 Å². The van der Waals surface area contributed by atoms with Gasteiger partial charge in [0, 0.05) is 11.6 Å². The van der Waals surface area contributed by atoms with Crippen LogP contribution in [0.5, 0.6) is 0 Å². The van der Waals surface area contributed by atoms with Crippen LogP contribution < -0.4 is 5.32 Å². The molecule has 0 radical (unpaired) electrons. The molecule has 0 fully saturated rings. The van der Waals surface area contributed by atoms with E-state index < -0.39 is 6.04 Å². The predicted molar refractivity (Wildman–Crippen MR) is 96.4 cm³/mol. The molecule has 0 aliphatic heterocycles. The van der Waals surface area contributed by atoms with E-state index in [-0.39, 0.29) is 5.91 Å². The van der Waals surface area contributed by atoms with E-state index in [9.17, 15) is 4.79 Å². The van der Waals surface area contributed by atoms with Gasteiger partial charge in [-0.3, -0.25) is 15.1 Å². The number of hydrogen-bond acceptors (Lipinski definition) is 7. The van der Waals surface area contributed by atoms with E-state index in [2.05, 4.69) is 30.8 Å². The van der Waals surface area contributed by atoms with Crippen molar-refractivity contribution in [3.8, 4) is 11.4 Å². The van der Waals surface area contributed by atoms with Gasteiger partial charge in [-0.15, -0.1) is 16.4 Å². The number of amides is 1. The number of thiazole rings is 1. The minimum atomic E-state index is -0.687. The molecular formula is C17H13N7OS. The Morgan fingerprint density at radius 3 is 2.65 bits per heavy atom. The van der Waals surface area contributed by atoms with E-state index in [0.717, 1.165) is 11.3 Å². The molecule has 0 aliphatic rings. The lowest BCUT2D eigenvalue weighted by Gasteiger charge is -2.15. The van der Waals surface area contributed by atoms with E-state index in [1.165, 1.54) is 22.3 Å². The highest BCUT2D eigenvalue weighted by molar-refractivity contribution is 7.14. The summed E-state index contributed by atoms with van der Waals surface area (Å²) in [7, 11) is 0. The quantitative estimate of drug-likeness (QED) is 0.585. The SMILES string of the molecule is O=C(Nc1nc(-c2ccccn2)cs1)[C@@H](c1ccccc1)n1cnnn1. The molecule has 1 N–H and O–H groups in total. The third kappa shape index (κ3) is 3.33. The number of tetrazole rings is 1. The van der Waals surface area contributed by atoms with Crippen molar-refractivity contribution >= 4 is 22.4 Å². The summed E-state index contributed by atoms with van der Waals surface area (Å²) in [6.45, 7) is 0. The highest BCUT2D eigenvalue weighted by Gasteiger charge is 2.24. The monoisotopic (exact) mass is 363 g/mol. The zero-order valence-electron chi connectivity index (χ0n) is 13.4. The summed E-state index contributed by atoms with van der Waals surface area (Å²) in [5.74, 6) is -0.273. The van der Waals surface area contributed by atoms with Crippen LogP contribution in [0.2, 0.25) is 0 Å². The number of benzene rings is 1. The average molecular weight is 363 g/mol. The van der Waals surface area contributed by atoms with Gasteiger partial charge < -0.3 is 0 Å². The fourth-order valence-corrected chi connectivity index (χ4v) is 3.19. The molecule has 8 nitrogen and oxygen atoms in total. The number of hydrogen-bond donors (Lipinski definition) is 1. The van der Waals surface area contributed by atoms with Crippen LogP contribution in [0, 0.1) is 0 Å². The molecule has 0 unspecified atom stereocenters. The highest BCUT2D eigenvalue weighted by Crippen LogP contribution is 2.25. The molecule has 1 amide bonds. The van der Waals surface area contributed by atoms with Crippen molar-refractivity contribution in [2.75, 3.05) is 5.32 Å². The third-order valence-electron chi connectivity index (χ3n) is 3.65. The number of nitrogens with one attached hydrogen (secondary N) is 1. The lowest BCUT2D eigenvalue weighted by molar-refractivity contribution is -0.118. The summed E-state index contributed by atoms with van der Waals surface area (Å²) in [5, 5.41) is 16.3. The number of anilines is 1. The summed E-state index contributed by atoms with van der Waals surface area (Å²) in [5.41, 5.74) is 2.24. The van der Waals surface area contributed by atoms with Crippen LogP contribution in [0.15, 0.2) is 66.4 Å². The second-order valence-corrected chi connectivity index (χ2v) is 6.20.